The van der Waals surface area contributed by atoms with Gasteiger partial charge in [-0.2, -0.15) is 4.98 Å². The number of carbonyl (C=O) groups excluding carboxylic acids is 1. The van der Waals surface area contributed by atoms with Crippen molar-refractivity contribution in [2.45, 2.75) is 0 Å². The lowest BCUT2D eigenvalue weighted by atomic mass is 10.2. The van der Waals surface area contributed by atoms with Crippen molar-refractivity contribution in [3.8, 4) is 22.8 Å². The Bertz CT molecular complexity index is 1320. The topological polar surface area (TPSA) is 81.2 Å². The number of rotatable bonds is 4. The third-order valence-electron chi connectivity index (χ3n) is 4.49. The molecule has 6 nitrogen and oxygen atoms in total. The van der Waals surface area contributed by atoms with E-state index in [1.807, 2.05) is 0 Å². The summed E-state index contributed by atoms with van der Waals surface area (Å²) in [5.74, 6) is 0.219. The zero-order valence-electron chi connectivity index (χ0n) is 15.5. The molecule has 0 bridgehead atoms. The van der Waals surface area contributed by atoms with E-state index in [1.54, 1.807) is 66.9 Å². The van der Waals surface area contributed by atoms with E-state index in [9.17, 15) is 9.18 Å². The van der Waals surface area contributed by atoms with E-state index in [0.29, 0.717) is 34.1 Å². The molecule has 2 aromatic carbocycles. The van der Waals surface area contributed by atoms with Crippen LogP contribution in [0.25, 0.3) is 34.0 Å². The number of anilines is 1. The van der Waals surface area contributed by atoms with Crippen LogP contribution in [0.4, 0.5) is 10.1 Å². The minimum atomic E-state index is -0.406. The van der Waals surface area contributed by atoms with Gasteiger partial charge in [0.1, 0.15) is 11.6 Å². The van der Waals surface area contributed by atoms with E-state index in [-0.39, 0.29) is 11.6 Å². The molecule has 5 aromatic rings. The molecule has 0 saturated heterocycles. The fourth-order valence-corrected chi connectivity index (χ4v) is 3.04. The van der Waals surface area contributed by atoms with Crippen molar-refractivity contribution >= 4 is 22.8 Å². The van der Waals surface area contributed by atoms with Gasteiger partial charge in [0.2, 0.25) is 5.89 Å². The monoisotopic (exact) mass is 399 g/mol. The average molecular weight is 399 g/mol. The normalized spacial score (nSPS) is 11.0. The number of oxazole rings is 1. The number of pyridine rings is 1. The van der Waals surface area contributed by atoms with Gasteiger partial charge in [0.25, 0.3) is 5.91 Å². The third kappa shape index (κ3) is 3.44. The minimum Gasteiger partial charge on any atom is -0.451 e. The van der Waals surface area contributed by atoms with E-state index >= 15 is 0 Å². The van der Waals surface area contributed by atoms with Gasteiger partial charge in [-0.25, -0.2) is 9.37 Å². The molecule has 0 aliphatic heterocycles. The number of nitrogens with zero attached hydrogens (tertiary/aromatic N) is 2. The van der Waals surface area contributed by atoms with Crippen molar-refractivity contribution in [3.05, 3.63) is 90.6 Å². The molecule has 1 N–H and O–H groups in total. The van der Waals surface area contributed by atoms with E-state index in [2.05, 4.69) is 15.3 Å². The molecule has 0 unspecified atom stereocenters. The predicted molar refractivity (Wildman–Crippen MR) is 109 cm³/mol. The summed E-state index contributed by atoms with van der Waals surface area (Å²) >= 11 is 0. The molecule has 1 amide bonds. The second kappa shape index (κ2) is 7.29. The number of nitrogens with one attached hydrogen (secondary N) is 1. The highest BCUT2D eigenvalue weighted by Gasteiger charge is 2.14. The first-order valence-electron chi connectivity index (χ1n) is 9.15. The van der Waals surface area contributed by atoms with E-state index in [4.69, 9.17) is 8.83 Å². The van der Waals surface area contributed by atoms with Gasteiger partial charge in [-0.3, -0.25) is 4.79 Å². The van der Waals surface area contributed by atoms with Crippen LogP contribution in [0, 0.1) is 5.82 Å². The molecule has 0 spiro atoms. The number of amides is 1. The van der Waals surface area contributed by atoms with Crippen LogP contribution in [0.1, 0.15) is 10.6 Å². The molecule has 0 atom stereocenters. The lowest BCUT2D eigenvalue weighted by molar-refractivity contribution is 0.0997. The van der Waals surface area contributed by atoms with Crippen molar-refractivity contribution in [1.82, 2.24) is 9.97 Å². The largest absolute Gasteiger partial charge is 0.451 e. The number of hydrogen-bond donors (Lipinski definition) is 1. The van der Waals surface area contributed by atoms with Crippen LogP contribution < -0.4 is 5.32 Å². The molecule has 0 aliphatic rings. The maximum atomic E-state index is 13.4. The lowest BCUT2D eigenvalue weighted by Crippen LogP contribution is -2.10. The molecular weight excluding hydrogens is 385 g/mol. The van der Waals surface area contributed by atoms with E-state index in [1.165, 1.54) is 12.1 Å². The van der Waals surface area contributed by atoms with E-state index in [0.717, 1.165) is 5.56 Å². The summed E-state index contributed by atoms with van der Waals surface area (Å²) in [5.41, 5.74) is 3.05. The van der Waals surface area contributed by atoms with Crippen molar-refractivity contribution < 1.29 is 18.0 Å². The number of hydrogen-bond acceptors (Lipinski definition) is 5. The number of carbonyl (C=O) groups is 1. The molecular formula is C23H14FN3O3. The summed E-state index contributed by atoms with van der Waals surface area (Å²) in [6.45, 7) is 0. The molecule has 146 valence electrons. The van der Waals surface area contributed by atoms with Gasteiger partial charge in [-0.15, -0.1) is 0 Å². The number of benzene rings is 2. The Morgan fingerprint density at radius 1 is 0.900 bits per heavy atom. The van der Waals surface area contributed by atoms with Crippen molar-refractivity contribution in [3.63, 3.8) is 0 Å². The summed E-state index contributed by atoms with van der Waals surface area (Å²) < 4.78 is 24.7. The van der Waals surface area contributed by atoms with Crippen molar-refractivity contribution in [2.24, 2.45) is 0 Å². The first kappa shape index (κ1) is 17.8. The fraction of sp³-hybridized carbons (Fsp3) is 0. The maximum Gasteiger partial charge on any atom is 0.291 e. The fourth-order valence-electron chi connectivity index (χ4n) is 3.04. The summed E-state index contributed by atoms with van der Waals surface area (Å²) in [4.78, 5) is 21.0. The second-order valence-electron chi connectivity index (χ2n) is 6.55. The van der Waals surface area contributed by atoms with Gasteiger partial charge < -0.3 is 14.2 Å². The standard InChI is InChI=1S/C23H14FN3O3/c24-16-4-1-3-15(13-16)18-10-11-20(29-18)22(28)26-17-8-6-14(7-9-17)23-27-21-19(30-23)5-2-12-25-21/h1-13H,(H,26,28). The SMILES string of the molecule is O=C(Nc1ccc(-c2nc3ncccc3o2)cc1)c1ccc(-c2cccc(F)c2)o1. The number of aromatic nitrogens is 2. The second-order valence-corrected chi connectivity index (χ2v) is 6.55. The highest BCUT2D eigenvalue weighted by Crippen LogP contribution is 2.26. The van der Waals surface area contributed by atoms with Gasteiger partial charge in [0.15, 0.2) is 17.0 Å². The van der Waals surface area contributed by atoms with Gasteiger partial charge >= 0.3 is 0 Å². The molecule has 3 aromatic heterocycles. The smallest absolute Gasteiger partial charge is 0.291 e. The van der Waals surface area contributed by atoms with Gasteiger partial charge in [-0.1, -0.05) is 12.1 Å². The van der Waals surface area contributed by atoms with Crippen LogP contribution in [0.3, 0.4) is 0 Å². The summed E-state index contributed by atoms with van der Waals surface area (Å²) in [6, 6.07) is 19.8. The zero-order chi connectivity index (χ0) is 20.5. The Morgan fingerprint density at radius 3 is 2.57 bits per heavy atom. The predicted octanol–water partition coefficient (Wildman–Crippen LogP) is 5.54. The van der Waals surface area contributed by atoms with E-state index < -0.39 is 5.91 Å². The Labute approximate surface area is 170 Å². The molecule has 0 saturated carbocycles. The van der Waals surface area contributed by atoms with Gasteiger partial charge in [0.05, 0.1) is 0 Å². The summed E-state index contributed by atoms with van der Waals surface area (Å²) in [5, 5.41) is 2.77. The molecule has 0 fully saturated rings. The molecule has 7 heteroatoms. The minimum absolute atomic E-state index is 0.128. The van der Waals surface area contributed by atoms with Crippen LogP contribution in [0.2, 0.25) is 0 Å². The van der Waals surface area contributed by atoms with Crippen molar-refractivity contribution in [2.75, 3.05) is 5.32 Å². The first-order chi connectivity index (χ1) is 14.7. The van der Waals surface area contributed by atoms with Crippen LogP contribution in [-0.2, 0) is 0 Å². The Kier molecular flexibility index (Phi) is 4.33. The number of fused-ring (bicyclic) bond motifs is 1. The molecule has 30 heavy (non-hydrogen) atoms. The van der Waals surface area contributed by atoms with Crippen LogP contribution >= 0.6 is 0 Å². The highest BCUT2D eigenvalue weighted by molar-refractivity contribution is 6.02. The summed E-state index contributed by atoms with van der Waals surface area (Å²) in [6.07, 6.45) is 1.65. The Hall–Kier alpha value is -4.26. The Balaban J connectivity index is 1.32. The Morgan fingerprint density at radius 2 is 1.77 bits per heavy atom. The van der Waals surface area contributed by atoms with Gasteiger partial charge in [-0.05, 0) is 60.7 Å². The molecule has 5 rings (SSSR count). The number of furan rings is 1. The zero-order valence-corrected chi connectivity index (χ0v) is 15.5. The van der Waals surface area contributed by atoms with Crippen molar-refractivity contribution in [1.29, 1.82) is 0 Å². The van der Waals surface area contributed by atoms with Crippen LogP contribution in [-0.4, -0.2) is 15.9 Å². The quantitative estimate of drug-likeness (QED) is 0.429. The highest BCUT2D eigenvalue weighted by atomic mass is 19.1. The van der Waals surface area contributed by atoms with Crippen LogP contribution in [0.5, 0.6) is 0 Å². The summed E-state index contributed by atoms with van der Waals surface area (Å²) in [7, 11) is 0. The molecule has 3 heterocycles. The third-order valence-corrected chi connectivity index (χ3v) is 4.49. The molecule has 0 aliphatic carbocycles. The average Bonchev–Trinajstić information content (AvgIpc) is 3.42. The van der Waals surface area contributed by atoms with Crippen LogP contribution in [0.15, 0.2) is 87.8 Å². The number of halogens is 1. The molecule has 0 radical (unpaired) electrons. The van der Waals surface area contributed by atoms with Gasteiger partial charge in [0, 0.05) is 23.0 Å². The maximum absolute atomic E-state index is 13.4. The first-order valence-corrected chi connectivity index (χ1v) is 9.15. The lowest BCUT2D eigenvalue weighted by Gasteiger charge is -2.04.